The number of nitrogens with zero attached hydrogens (tertiary/aromatic N) is 1. The lowest BCUT2D eigenvalue weighted by atomic mass is 10.1. The number of phenols is 1. The molecule has 0 saturated heterocycles. The van der Waals surface area contributed by atoms with Gasteiger partial charge in [-0.05, 0) is 46.2 Å². The van der Waals surface area contributed by atoms with Crippen LogP contribution >= 0.6 is 0 Å². The number of phenolic OH excluding ortho intramolecular Hbond substituents is 1. The minimum Gasteiger partial charge on any atom is -0.507 e. The predicted octanol–water partition coefficient (Wildman–Crippen LogP) is 2.55. The van der Waals surface area contributed by atoms with Crippen molar-refractivity contribution in [3.05, 3.63) is 29.3 Å². The van der Waals surface area contributed by atoms with Gasteiger partial charge in [0.2, 0.25) is 0 Å². The van der Waals surface area contributed by atoms with E-state index in [9.17, 15) is 9.90 Å². The zero-order valence-electron chi connectivity index (χ0n) is 13.1. The minimum absolute atomic E-state index is 0.0644. The van der Waals surface area contributed by atoms with E-state index in [1.165, 1.54) is 0 Å². The number of hydrogen-bond acceptors (Lipinski definition) is 3. The molecule has 0 aliphatic rings. The topological polar surface area (TPSA) is 52.6 Å². The molecule has 1 aromatic carbocycles. The standard InChI is InChI=1S/C16H26N2O2/c1-11(2)18(12(3)4)10-9-17-16(20)14-8-6-7-13(5)15(14)19/h6-8,11-12,19H,9-10H2,1-5H3,(H,17,20). The van der Waals surface area contributed by atoms with Crippen LogP contribution in [0.15, 0.2) is 18.2 Å². The fraction of sp³-hybridized carbons (Fsp3) is 0.562. The third-order valence-electron chi connectivity index (χ3n) is 3.46. The molecule has 1 rings (SSSR count). The van der Waals surface area contributed by atoms with Crippen LogP contribution in [0.1, 0.15) is 43.6 Å². The summed E-state index contributed by atoms with van der Waals surface area (Å²) in [5, 5.41) is 12.7. The molecule has 0 radical (unpaired) electrons. The lowest BCUT2D eigenvalue weighted by Crippen LogP contribution is -2.42. The Hall–Kier alpha value is -1.55. The molecule has 1 aromatic rings. The number of nitrogens with one attached hydrogen (secondary N) is 1. The van der Waals surface area contributed by atoms with Gasteiger partial charge in [-0.3, -0.25) is 9.69 Å². The van der Waals surface area contributed by atoms with Gasteiger partial charge in [-0.2, -0.15) is 0 Å². The highest BCUT2D eigenvalue weighted by Crippen LogP contribution is 2.20. The first-order chi connectivity index (χ1) is 9.34. The molecule has 0 bridgehead atoms. The highest BCUT2D eigenvalue weighted by atomic mass is 16.3. The van der Waals surface area contributed by atoms with Gasteiger partial charge in [0.05, 0.1) is 5.56 Å². The maximum absolute atomic E-state index is 12.0. The molecule has 2 N–H and O–H groups in total. The van der Waals surface area contributed by atoms with Gasteiger partial charge in [0.1, 0.15) is 5.75 Å². The number of carbonyl (C=O) groups excluding carboxylic acids is 1. The average molecular weight is 278 g/mol. The highest BCUT2D eigenvalue weighted by Gasteiger charge is 2.15. The Morgan fingerprint density at radius 3 is 2.40 bits per heavy atom. The summed E-state index contributed by atoms with van der Waals surface area (Å²) in [5.41, 5.74) is 1.05. The van der Waals surface area contributed by atoms with E-state index in [2.05, 4.69) is 37.9 Å². The van der Waals surface area contributed by atoms with Crippen molar-refractivity contribution in [1.82, 2.24) is 10.2 Å². The Morgan fingerprint density at radius 2 is 1.85 bits per heavy atom. The summed E-state index contributed by atoms with van der Waals surface area (Å²) in [7, 11) is 0. The Kier molecular flexibility index (Phi) is 6.02. The summed E-state index contributed by atoms with van der Waals surface area (Å²) in [6, 6.07) is 6.09. The van der Waals surface area contributed by atoms with Crippen LogP contribution < -0.4 is 5.32 Å². The van der Waals surface area contributed by atoms with Gasteiger partial charge in [0.25, 0.3) is 5.91 Å². The number of rotatable bonds is 6. The van der Waals surface area contributed by atoms with E-state index < -0.39 is 0 Å². The number of benzene rings is 1. The zero-order valence-corrected chi connectivity index (χ0v) is 13.1. The van der Waals surface area contributed by atoms with Crippen molar-refractivity contribution in [3.8, 4) is 5.75 Å². The second kappa shape index (κ2) is 7.29. The van der Waals surface area contributed by atoms with Crippen molar-refractivity contribution < 1.29 is 9.90 Å². The van der Waals surface area contributed by atoms with Gasteiger partial charge in [-0.15, -0.1) is 0 Å². The molecule has 0 saturated carbocycles. The Labute approximate surface area is 121 Å². The largest absolute Gasteiger partial charge is 0.507 e. The molecule has 0 fully saturated rings. The molecule has 4 heteroatoms. The van der Waals surface area contributed by atoms with E-state index in [1.807, 2.05) is 0 Å². The van der Waals surface area contributed by atoms with Crippen molar-refractivity contribution in [1.29, 1.82) is 0 Å². The molecule has 0 spiro atoms. The number of para-hydroxylation sites is 1. The predicted molar refractivity (Wildman–Crippen MR) is 82.2 cm³/mol. The minimum atomic E-state index is -0.223. The van der Waals surface area contributed by atoms with Gasteiger partial charge in [-0.1, -0.05) is 12.1 Å². The first-order valence-corrected chi connectivity index (χ1v) is 7.17. The number of aromatic hydroxyl groups is 1. The summed E-state index contributed by atoms with van der Waals surface area (Å²) in [6.45, 7) is 11.7. The molecule has 0 unspecified atom stereocenters. The molecule has 112 valence electrons. The van der Waals surface area contributed by atoms with E-state index in [4.69, 9.17) is 0 Å². The summed E-state index contributed by atoms with van der Waals surface area (Å²) in [5.74, 6) is -0.159. The van der Waals surface area contributed by atoms with Crippen LogP contribution in [0.2, 0.25) is 0 Å². The first-order valence-electron chi connectivity index (χ1n) is 7.17. The van der Waals surface area contributed by atoms with Gasteiger partial charge >= 0.3 is 0 Å². The molecule has 20 heavy (non-hydrogen) atoms. The normalized spacial score (nSPS) is 11.4. The lowest BCUT2D eigenvalue weighted by molar-refractivity contribution is 0.0936. The third kappa shape index (κ3) is 4.23. The smallest absolute Gasteiger partial charge is 0.255 e. The van der Waals surface area contributed by atoms with Crippen molar-refractivity contribution in [2.24, 2.45) is 0 Å². The maximum Gasteiger partial charge on any atom is 0.255 e. The SMILES string of the molecule is Cc1cccc(C(=O)NCCN(C(C)C)C(C)C)c1O. The van der Waals surface area contributed by atoms with Crippen LogP contribution in [0.5, 0.6) is 5.75 Å². The lowest BCUT2D eigenvalue weighted by Gasteiger charge is -2.30. The van der Waals surface area contributed by atoms with E-state index in [-0.39, 0.29) is 11.7 Å². The summed E-state index contributed by atoms with van der Waals surface area (Å²) >= 11 is 0. The summed E-state index contributed by atoms with van der Waals surface area (Å²) in [6.07, 6.45) is 0. The number of amides is 1. The van der Waals surface area contributed by atoms with Crippen molar-refractivity contribution >= 4 is 5.91 Å². The molecular formula is C16H26N2O2. The zero-order chi connectivity index (χ0) is 15.3. The van der Waals surface area contributed by atoms with Crippen LogP contribution in [0.25, 0.3) is 0 Å². The van der Waals surface area contributed by atoms with Gasteiger partial charge in [0, 0.05) is 25.2 Å². The molecule has 1 amide bonds. The third-order valence-corrected chi connectivity index (χ3v) is 3.46. The average Bonchev–Trinajstić information content (AvgIpc) is 2.36. The molecular weight excluding hydrogens is 252 g/mol. The maximum atomic E-state index is 12.0. The van der Waals surface area contributed by atoms with Crippen molar-refractivity contribution in [2.75, 3.05) is 13.1 Å². The second-order valence-electron chi connectivity index (χ2n) is 5.65. The summed E-state index contributed by atoms with van der Waals surface area (Å²) < 4.78 is 0. The fourth-order valence-corrected chi connectivity index (χ4v) is 2.35. The Balaban J connectivity index is 2.58. The van der Waals surface area contributed by atoms with Crippen LogP contribution in [0, 0.1) is 6.92 Å². The van der Waals surface area contributed by atoms with E-state index >= 15 is 0 Å². The Morgan fingerprint density at radius 1 is 1.25 bits per heavy atom. The van der Waals surface area contributed by atoms with Crippen LogP contribution in [0.3, 0.4) is 0 Å². The van der Waals surface area contributed by atoms with Gasteiger partial charge in [0.15, 0.2) is 0 Å². The first kappa shape index (κ1) is 16.5. The van der Waals surface area contributed by atoms with E-state index in [1.54, 1.807) is 25.1 Å². The monoisotopic (exact) mass is 278 g/mol. The molecule has 0 aromatic heterocycles. The molecule has 0 aliphatic carbocycles. The van der Waals surface area contributed by atoms with Crippen LogP contribution in [0.4, 0.5) is 0 Å². The molecule has 4 nitrogen and oxygen atoms in total. The number of aryl methyl sites for hydroxylation is 1. The highest BCUT2D eigenvalue weighted by molar-refractivity contribution is 5.97. The summed E-state index contributed by atoms with van der Waals surface area (Å²) in [4.78, 5) is 14.4. The molecule has 0 aliphatic heterocycles. The second-order valence-corrected chi connectivity index (χ2v) is 5.65. The van der Waals surface area contributed by atoms with Crippen molar-refractivity contribution in [2.45, 2.75) is 46.7 Å². The van der Waals surface area contributed by atoms with Crippen LogP contribution in [-0.4, -0.2) is 41.1 Å². The number of carbonyl (C=O) groups is 1. The quantitative estimate of drug-likeness (QED) is 0.841. The number of hydrogen-bond donors (Lipinski definition) is 2. The van der Waals surface area contributed by atoms with Gasteiger partial charge in [-0.25, -0.2) is 0 Å². The van der Waals surface area contributed by atoms with Crippen molar-refractivity contribution in [3.63, 3.8) is 0 Å². The van der Waals surface area contributed by atoms with Crippen LogP contribution in [-0.2, 0) is 0 Å². The molecule has 0 atom stereocenters. The fourth-order valence-electron chi connectivity index (χ4n) is 2.35. The van der Waals surface area contributed by atoms with E-state index in [0.29, 0.717) is 29.8 Å². The Bertz CT molecular complexity index is 448. The molecule has 0 heterocycles. The van der Waals surface area contributed by atoms with Gasteiger partial charge < -0.3 is 10.4 Å². The van der Waals surface area contributed by atoms with E-state index in [0.717, 1.165) is 6.54 Å².